The van der Waals surface area contributed by atoms with E-state index in [4.69, 9.17) is 9.84 Å². The standard InChI is InChI=1S/C11H17N3O4/c1-18-7-2-4-9(11(16)17)13-10(15)8-14-6-3-5-12-14/h3,5-6,9H,2,4,7-8H2,1H3,(H,13,15)(H,16,17). The molecule has 1 amide bonds. The van der Waals surface area contributed by atoms with Crippen LogP contribution in [0.3, 0.4) is 0 Å². The number of methoxy groups -OCH3 is 1. The molecule has 1 atom stereocenters. The average molecular weight is 255 g/mol. The van der Waals surface area contributed by atoms with Crippen molar-refractivity contribution >= 4 is 11.9 Å². The Morgan fingerprint density at radius 3 is 2.89 bits per heavy atom. The smallest absolute Gasteiger partial charge is 0.326 e. The third-order valence-electron chi connectivity index (χ3n) is 2.34. The van der Waals surface area contributed by atoms with E-state index in [0.29, 0.717) is 19.4 Å². The average Bonchev–Trinajstić information content (AvgIpc) is 2.80. The lowest BCUT2D eigenvalue weighted by Gasteiger charge is -2.14. The molecule has 7 nitrogen and oxygen atoms in total. The third kappa shape index (κ3) is 4.96. The first kappa shape index (κ1) is 14.2. The summed E-state index contributed by atoms with van der Waals surface area (Å²) in [4.78, 5) is 22.5. The van der Waals surface area contributed by atoms with Crippen molar-refractivity contribution in [3.8, 4) is 0 Å². The normalized spacial score (nSPS) is 12.1. The topological polar surface area (TPSA) is 93.5 Å². The van der Waals surface area contributed by atoms with Crippen LogP contribution in [-0.2, 0) is 20.9 Å². The highest BCUT2D eigenvalue weighted by atomic mass is 16.5. The lowest BCUT2D eigenvalue weighted by atomic mass is 10.1. The minimum absolute atomic E-state index is 0.0149. The van der Waals surface area contributed by atoms with Crippen LogP contribution in [0.2, 0.25) is 0 Å². The number of nitrogens with zero attached hydrogens (tertiary/aromatic N) is 2. The summed E-state index contributed by atoms with van der Waals surface area (Å²) in [7, 11) is 1.55. The van der Waals surface area contributed by atoms with Crippen LogP contribution in [0.1, 0.15) is 12.8 Å². The van der Waals surface area contributed by atoms with Crippen molar-refractivity contribution in [2.75, 3.05) is 13.7 Å². The summed E-state index contributed by atoms with van der Waals surface area (Å²) in [6.45, 7) is 0.486. The SMILES string of the molecule is COCCCC(NC(=O)Cn1cccn1)C(=O)O. The van der Waals surface area contributed by atoms with E-state index in [1.807, 2.05) is 0 Å². The fourth-order valence-electron chi connectivity index (χ4n) is 1.47. The molecule has 0 aromatic carbocycles. The van der Waals surface area contributed by atoms with E-state index >= 15 is 0 Å². The van der Waals surface area contributed by atoms with Crippen LogP contribution in [0, 0.1) is 0 Å². The maximum absolute atomic E-state index is 11.6. The first-order valence-electron chi connectivity index (χ1n) is 5.62. The van der Waals surface area contributed by atoms with E-state index in [1.165, 1.54) is 4.68 Å². The minimum atomic E-state index is -1.04. The van der Waals surface area contributed by atoms with E-state index in [1.54, 1.807) is 25.6 Å². The maximum atomic E-state index is 11.6. The van der Waals surface area contributed by atoms with Gasteiger partial charge in [-0.1, -0.05) is 0 Å². The van der Waals surface area contributed by atoms with E-state index in [9.17, 15) is 9.59 Å². The van der Waals surface area contributed by atoms with E-state index in [2.05, 4.69) is 10.4 Å². The molecular weight excluding hydrogens is 238 g/mol. The number of amides is 1. The molecule has 0 aliphatic carbocycles. The van der Waals surface area contributed by atoms with Gasteiger partial charge in [0.1, 0.15) is 12.6 Å². The Morgan fingerprint density at radius 1 is 1.56 bits per heavy atom. The molecule has 0 saturated heterocycles. The quantitative estimate of drug-likeness (QED) is 0.632. The summed E-state index contributed by atoms with van der Waals surface area (Å²) in [5, 5.41) is 15.3. The zero-order valence-corrected chi connectivity index (χ0v) is 10.2. The van der Waals surface area contributed by atoms with Gasteiger partial charge in [0.15, 0.2) is 0 Å². The molecule has 18 heavy (non-hydrogen) atoms. The van der Waals surface area contributed by atoms with E-state index in [0.717, 1.165) is 0 Å². The molecule has 1 rings (SSSR count). The number of nitrogens with one attached hydrogen (secondary N) is 1. The van der Waals surface area contributed by atoms with Gasteiger partial charge in [0.2, 0.25) is 5.91 Å². The van der Waals surface area contributed by atoms with Gasteiger partial charge in [-0.25, -0.2) is 4.79 Å². The molecular formula is C11H17N3O4. The first-order chi connectivity index (χ1) is 8.63. The molecule has 0 aliphatic heterocycles. The van der Waals surface area contributed by atoms with Crippen molar-refractivity contribution in [3.05, 3.63) is 18.5 Å². The number of rotatable bonds is 8. The summed E-state index contributed by atoms with van der Waals surface area (Å²) in [6.07, 6.45) is 4.12. The molecule has 0 fully saturated rings. The molecule has 0 saturated carbocycles. The molecule has 0 bridgehead atoms. The van der Waals surface area contributed by atoms with E-state index in [-0.39, 0.29) is 12.5 Å². The van der Waals surface area contributed by atoms with Crippen LogP contribution in [-0.4, -0.2) is 46.5 Å². The van der Waals surface area contributed by atoms with Crippen LogP contribution < -0.4 is 5.32 Å². The number of aromatic nitrogens is 2. The molecule has 0 aliphatic rings. The van der Waals surface area contributed by atoms with Crippen LogP contribution in [0.4, 0.5) is 0 Å². The minimum Gasteiger partial charge on any atom is -0.480 e. The molecule has 1 heterocycles. The third-order valence-corrected chi connectivity index (χ3v) is 2.34. The Hall–Kier alpha value is -1.89. The van der Waals surface area contributed by atoms with Gasteiger partial charge in [-0.2, -0.15) is 5.10 Å². The van der Waals surface area contributed by atoms with Gasteiger partial charge in [-0.3, -0.25) is 9.48 Å². The first-order valence-corrected chi connectivity index (χ1v) is 5.62. The molecule has 100 valence electrons. The van der Waals surface area contributed by atoms with Crippen molar-refractivity contribution in [3.63, 3.8) is 0 Å². The van der Waals surface area contributed by atoms with Gasteiger partial charge in [0.25, 0.3) is 0 Å². The van der Waals surface area contributed by atoms with Gasteiger partial charge in [0.05, 0.1) is 0 Å². The highest BCUT2D eigenvalue weighted by Crippen LogP contribution is 1.98. The second-order valence-corrected chi connectivity index (χ2v) is 3.80. The summed E-state index contributed by atoms with van der Waals surface area (Å²) < 4.78 is 6.28. The van der Waals surface area contributed by atoms with Crippen molar-refractivity contribution in [1.82, 2.24) is 15.1 Å². The van der Waals surface area contributed by atoms with E-state index < -0.39 is 12.0 Å². The molecule has 2 N–H and O–H groups in total. The highest BCUT2D eigenvalue weighted by molar-refractivity contribution is 5.83. The number of carbonyl (C=O) groups is 2. The number of hydrogen-bond acceptors (Lipinski definition) is 4. The van der Waals surface area contributed by atoms with Gasteiger partial charge >= 0.3 is 5.97 Å². The Labute approximate surface area is 105 Å². The number of aliphatic carboxylic acids is 1. The zero-order valence-electron chi connectivity index (χ0n) is 10.2. The fourth-order valence-corrected chi connectivity index (χ4v) is 1.47. The Kier molecular flexibility index (Phi) is 5.86. The van der Waals surface area contributed by atoms with Gasteiger partial charge in [-0.15, -0.1) is 0 Å². The number of carboxylic acid groups (broad SMARTS) is 1. The van der Waals surface area contributed by atoms with Crippen molar-refractivity contribution in [1.29, 1.82) is 0 Å². The molecule has 1 aromatic heterocycles. The van der Waals surface area contributed by atoms with Crippen LogP contribution in [0.15, 0.2) is 18.5 Å². The summed E-state index contributed by atoms with van der Waals surface area (Å²) in [5.74, 6) is -1.41. The Balaban J connectivity index is 2.40. The Bertz CT molecular complexity index is 378. The van der Waals surface area contributed by atoms with Gasteiger partial charge in [0, 0.05) is 26.1 Å². The van der Waals surface area contributed by atoms with Crippen LogP contribution in [0.25, 0.3) is 0 Å². The lowest BCUT2D eigenvalue weighted by molar-refractivity contribution is -0.142. The fraction of sp³-hybridized carbons (Fsp3) is 0.545. The maximum Gasteiger partial charge on any atom is 0.326 e. The lowest BCUT2D eigenvalue weighted by Crippen LogP contribution is -2.42. The van der Waals surface area contributed by atoms with Crippen LogP contribution >= 0.6 is 0 Å². The number of ether oxygens (including phenoxy) is 1. The van der Waals surface area contributed by atoms with Crippen molar-refractivity contribution < 1.29 is 19.4 Å². The predicted molar refractivity (Wildman–Crippen MR) is 62.9 cm³/mol. The zero-order chi connectivity index (χ0) is 13.4. The van der Waals surface area contributed by atoms with Crippen LogP contribution in [0.5, 0.6) is 0 Å². The molecule has 0 radical (unpaired) electrons. The van der Waals surface area contributed by atoms with Crippen molar-refractivity contribution in [2.24, 2.45) is 0 Å². The highest BCUT2D eigenvalue weighted by Gasteiger charge is 2.19. The Morgan fingerprint density at radius 2 is 2.33 bits per heavy atom. The van der Waals surface area contributed by atoms with Gasteiger partial charge < -0.3 is 15.2 Å². The molecule has 0 spiro atoms. The summed E-state index contributed by atoms with van der Waals surface area (Å²) in [6, 6.07) is 0.809. The predicted octanol–water partition coefficient (Wildman–Crippen LogP) is -0.121. The second-order valence-electron chi connectivity index (χ2n) is 3.80. The summed E-state index contributed by atoms with van der Waals surface area (Å²) in [5.41, 5.74) is 0. The monoisotopic (exact) mass is 255 g/mol. The molecule has 1 unspecified atom stereocenters. The summed E-state index contributed by atoms with van der Waals surface area (Å²) >= 11 is 0. The number of carboxylic acids is 1. The molecule has 7 heteroatoms. The van der Waals surface area contributed by atoms with Gasteiger partial charge in [-0.05, 0) is 18.9 Å². The van der Waals surface area contributed by atoms with Crippen molar-refractivity contribution in [2.45, 2.75) is 25.4 Å². The number of carbonyl (C=O) groups excluding carboxylic acids is 1. The molecule has 1 aromatic rings. The largest absolute Gasteiger partial charge is 0.480 e. The number of hydrogen-bond donors (Lipinski definition) is 2. The second kappa shape index (κ2) is 7.44.